The highest BCUT2D eigenvalue weighted by Crippen LogP contribution is 2.52. The molecule has 5 heteroatoms. The van der Waals surface area contributed by atoms with E-state index in [2.05, 4.69) is 61.3 Å². The van der Waals surface area contributed by atoms with Gasteiger partial charge >= 0.3 is 0 Å². The molecule has 4 rings (SSSR count). The molecule has 2 aromatic carbocycles. The van der Waals surface area contributed by atoms with Gasteiger partial charge in [-0.3, -0.25) is 4.79 Å². The Morgan fingerprint density at radius 2 is 1.88 bits per heavy atom. The molecule has 1 fully saturated rings. The van der Waals surface area contributed by atoms with Crippen LogP contribution < -0.4 is 19.7 Å². The quantitative estimate of drug-likeness (QED) is 0.545. The summed E-state index contributed by atoms with van der Waals surface area (Å²) in [6.07, 6.45) is 7.58. The number of unbranched alkanes of at least 4 members (excludes halogenated alkanes) is 2. The molecule has 1 amide bonds. The third-order valence-corrected chi connectivity index (χ3v) is 6.67. The molecule has 0 bridgehead atoms. The van der Waals surface area contributed by atoms with Crippen LogP contribution in [0.1, 0.15) is 58.1 Å². The minimum Gasteiger partial charge on any atom is -0.490 e. The van der Waals surface area contributed by atoms with Gasteiger partial charge in [-0.25, -0.2) is 0 Å². The Morgan fingerprint density at radius 1 is 1.06 bits per heavy atom. The number of hydrogen-bond acceptors (Lipinski definition) is 4. The first-order valence-electron chi connectivity index (χ1n) is 11.7. The first kappa shape index (κ1) is 22.3. The highest BCUT2D eigenvalue weighted by molar-refractivity contribution is 5.91. The summed E-state index contributed by atoms with van der Waals surface area (Å²) in [7, 11) is 0. The van der Waals surface area contributed by atoms with Crippen molar-refractivity contribution in [2.75, 3.05) is 24.7 Å². The second-order valence-electron chi connectivity index (χ2n) is 9.07. The smallest absolute Gasteiger partial charge is 0.241 e. The summed E-state index contributed by atoms with van der Waals surface area (Å²) in [5.41, 5.74) is 2.49. The van der Waals surface area contributed by atoms with Gasteiger partial charge in [-0.1, -0.05) is 64.0 Å². The molecule has 0 unspecified atom stereocenters. The van der Waals surface area contributed by atoms with Gasteiger partial charge in [-0.05, 0) is 48.7 Å². The van der Waals surface area contributed by atoms with E-state index in [4.69, 9.17) is 9.47 Å². The summed E-state index contributed by atoms with van der Waals surface area (Å²) in [4.78, 5) is 14.7. The molecule has 2 aliphatic rings. The predicted molar refractivity (Wildman–Crippen MR) is 129 cm³/mol. The standard InChI is InChI=1S/C27H34N2O3/c1-5-7-10-17-32-23-14-13-20(18-24(23)31-6-2)15-16-27-26(3,4)21-11-8-9-12-22(21)29(27)19-25(30)28-27/h8-9,11-16,18H,5-7,10,17,19H2,1-4H3,(H,28,30)/b16-15+/t27-/m0/s1. The van der Waals surface area contributed by atoms with Crippen LogP contribution in [0.3, 0.4) is 0 Å². The third-order valence-electron chi connectivity index (χ3n) is 6.67. The van der Waals surface area contributed by atoms with Crippen LogP contribution in [0.25, 0.3) is 6.08 Å². The van der Waals surface area contributed by atoms with Crippen molar-refractivity contribution >= 4 is 17.7 Å². The van der Waals surface area contributed by atoms with Crippen molar-refractivity contribution in [1.82, 2.24) is 5.32 Å². The molecule has 2 aromatic rings. The zero-order valence-corrected chi connectivity index (χ0v) is 19.6. The molecule has 170 valence electrons. The van der Waals surface area contributed by atoms with Gasteiger partial charge in [0.15, 0.2) is 11.5 Å². The van der Waals surface area contributed by atoms with Gasteiger partial charge in [0, 0.05) is 11.1 Å². The van der Waals surface area contributed by atoms with Crippen LogP contribution in [-0.2, 0) is 10.2 Å². The Labute approximate surface area is 191 Å². The lowest BCUT2D eigenvalue weighted by Crippen LogP contribution is -2.58. The van der Waals surface area contributed by atoms with E-state index in [0.717, 1.165) is 35.6 Å². The number of benzene rings is 2. The number of nitrogens with zero attached hydrogens (tertiary/aromatic N) is 1. The van der Waals surface area contributed by atoms with Gasteiger partial charge in [0.2, 0.25) is 5.91 Å². The zero-order valence-electron chi connectivity index (χ0n) is 19.6. The van der Waals surface area contributed by atoms with E-state index in [1.807, 2.05) is 31.2 Å². The molecule has 0 saturated carbocycles. The van der Waals surface area contributed by atoms with Crippen molar-refractivity contribution in [3.05, 3.63) is 59.7 Å². The van der Waals surface area contributed by atoms with Crippen LogP contribution in [0.2, 0.25) is 0 Å². The van der Waals surface area contributed by atoms with Gasteiger partial charge in [0.1, 0.15) is 5.66 Å². The highest BCUT2D eigenvalue weighted by atomic mass is 16.5. The maximum Gasteiger partial charge on any atom is 0.241 e. The monoisotopic (exact) mass is 434 g/mol. The lowest BCUT2D eigenvalue weighted by atomic mass is 9.75. The molecule has 0 spiro atoms. The van der Waals surface area contributed by atoms with Gasteiger partial charge in [-0.2, -0.15) is 0 Å². The van der Waals surface area contributed by atoms with Crippen molar-refractivity contribution in [1.29, 1.82) is 0 Å². The summed E-state index contributed by atoms with van der Waals surface area (Å²) in [5, 5.41) is 3.27. The predicted octanol–water partition coefficient (Wildman–Crippen LogP) is 5.29. The fraction of sp³-hybridized carbons (Fsp3) is 0.444. The van der Waals surface area contributed by atoms with E-state index < -0.39 is 5.66 Å². The first-order chi connectivity index (χ1) is 15.4. The largest absolute Gasteiger partial charge is 0.490 e. The van der Waals surface area contributed by atoms with Crippen LogP contribution in [-0.4, -0.2) is 31.3 Å². The van der Waals surface area contributed by atoms with Crippen LogP contribution >= 0.6 is 0 Å². The Balaban J connectivity index is 1.63. The molecule has 2 heterocycles. The SMILES string of the molecule is CCCCCOc1ccc(/C=C/[C@]23NC(=O)CN2c2ccccc2C3(C)C)cc1OCC. The van der Waals surface area contributed by atoms with Crippen molar-refractivity contribution in [3.63, 3.8) is 0 Å². The van der Waals surface area contributed by atoms with Gasteiger partial charge < -0.3 is 19.7 Å². The molecular formula is C27H34N2O3. The zero-order chi connectivity index (χ0) is 22.8. The van der Waals surface area contributed by atoms with E-state index in [1.54, 1.807) is 0 Å². The van der Waals surface area contributed by atoms with Gasteiger partial charge in [0.05, 0.1) is 19.8 Å². The second kappa shape index (κ2) is 8.89. The van der Waals surface area contributed by atoms with E-state index in [-0.39, 0.29) is 11.3 Å². The third kappa shape index (κ3) is 3.74. The Kier molecular flexibility index (Phi) is 6.18. The maximum atomic E-state index is 12.5. The molecule has 1 saturated heterocycles. The van der Waals surface area contributed by atoms with Gasteiger partial charge in [-0.15, -0.1) is 0 Å². The van der Waals surface area contributed by atoms with Crippen molar-refractivity contribution in [2.24, 2.45) is 0 Å². The van der Waals surface area contributed by atoms with Crippen molar-refractivity contribution in [3.8, 4) is 11.5 Å². The average Bonchev–Trinajstić information content (AvgIpc) is 3.21. The highest BCUT2D eigenvalue weighted by Gasteiger charge is 2.59. The van der Waals surface area contributed by atoms with E-state index in [1.165, 1.54) is 12.0 Å². The fourth-order valence-electron chi connectivity index (χ4n) is 4.91. The Bertz CT molecular complexity index is 1010. The summed E-state index contributed by atoms with van der Waals surface area (Å²) in [6.45, 7) is 10.2. The molecular weight excluding hydrogens is 400 g/mol. The number of rotatable bonds is 9. The van der Waals surface area contributed by atoms with Crippen LogP contribution in [0.5, 0.6) is 11.5 Å². The number of amides is 1. The number of anilines is 1. The van der Waals surface area contributed by atoms with Crippen LogP contribution in [0.4, 0.5) is 5.69 Å². The number of hydrogen-bond donors (Lipinski definition) is 1. The van der Waals surface area contributed by atoms with E-state index in [0.29, 0.717) is 19.8 Å². The number of para-hydroxylation sites is 1. The molecule has 0 aromatic heterocycles. The van der Waals surface area contributed by atoms with Crippen molar-refractivity contribution < 1.29 is 14.3 Å². The number of carbonyl (C=O) groups excluding carboxylic acids is 1. The summed E-state index contributed by atoms with van der Waals surface area (Å²) in [5.74, 6) is 1.58. The Morgan fingerprint density at radius 3 is 2.66 bits per heavy atom. The molecule has 1 atom stereocenters. The first-order valence-corrected chi connectivity index (χ1v) is 11.7. The lowest BCUT2D eigenvalue weighted by molar-refractivity contribution is -0.118. The fourth-order valence-corrected chi connectivity index (χ4v) is 4.91. The number of ether oxygens (including phenoxy) is 2. The van der Waals surface area contributed by atoms with E-state index in [9.17, 15) is 4.79 Å². The number of fused-ring (bicyclic) bond motifs is 3. The Hall–Kier alpha value is -2.95. The molecule has 2 aliphatic heterocycles. The topological polar surface area (TPSA) is 50.8 Å². The summed E-state index contributed by atoms with van der Waals surface area (Å²) < 4.78 is 11.8. The lowest BCUT2D eigenvalue weighted by Gasteiger charge is -2.40. The van der Waals surface area contributed by atoms with E-state index >= 15 is 0 Å². The number of carbonyl (C=O) groups is 1. The summed E-state index contributed by atoms with van der Waals surface area (Å²) in [6, 6.07) is 14.4. The minimum atomic E-state index is -0.602. The van der Waals surface area contributed by atoms with Gasteiger partial charge in [0.25, 0.3) is 0 Å². The average molecular weight is 435 g/mol. The summed E-state index contributed by atoms with van der Waals surface area (Å²) >= 11 is 0. The molecule has 1 N–H and O–H groups in total. The number of nitrogens with one attached hydrogen (secondary N) is 1. The molecule has 5 nitrogen and oxygen atoms in total. The molecule has 32 heavy (non-hydrogen) atoms. The van der Waals surface area contributed by atoms with Crippen LogP contribution in [0.15, 0.2) is 48.5 Å². The second-order valence-corrected chi connectivity index (χ2v) is 9.07. The van der Waals surface area contributed by atoms with Crippen LogP contribution in [0, 0.1) is 0 Å². The normalized spacial score (nSPS) is 20.9. The minimum absolute atomic E-state index is 0.0445. The maximum absolute atomic E-state index is 12.5. The molecule has 0 aliphatic carbocycles. The molecule has 0 radical (unpaired) electrons. The van der Waals surface area contributed by atoms with Crippen molar-refractivity contribution in [2.45, 2.75) is 58.0 Å².